The molecule has 0 aliphatic rings. The summed E-state index contributed by atoms with van der Waals surface area (Å²) in [5.74, 6) is -0.946. The lowest BCUT2D eigenvalue weighted by molar-refractivity contribution is 0.0697. The van der Waals surface area contributed by atoms with E-state index in [1.54, 1.807) is 12.3 Å². The summed E-state index contributed by atoms with van der Waals surface area (Å²) < 4.78 is 0. The summed E-state index contributed by atoms with van der Waals surface area (Å²) in [5, 5.41) is 9.00. The van der Waals surface area contributed by atoms with E-state index in [2.05, 4.69) is 11.6 Å². The molecule has 1 aromatic rings. The fourth-order valence-electron chi connectivity index (χ4n) is 1.48. The molecule has 0 unspecified atom stereocenters. The van der Waals surface area contributed by atoms with Crippen molar-refractivity contribution in [2.24, 2.45) is 0 Å². The number of carbonyl (C=O) groups is 1. The third-order valence-electron chi connectivity index (χ3n) is 2.34. The molecule has 0 aromatic carbocycles. The molecule has 86 valence electrons. The van der Waals surface area contributed by atoms with Gasteiger partial charge in [0.25, 0.3) is 0 Å². The minimum absolute atomic E-state index is 0.239. The predicted molar refractivity (Wildman–Crippen MR) is 63.9 cm³/mol. The molecule has 1 heterocycles. The smallest absolute Gasteiger partial charge is 0.339 e. The Morgan fingerprint density at radius 3 is 3.06 bits per heavy atom. The van der Waals surface area contributed by atoms with Gasteiger partial charge in [-0.2, -0.15) is 0 Å². The highest BCUT2D eigenvalue weighted by Gasteiger charge is 2.12. The van der Waals surface area contributed by atoms with Crippen LogP contribution >= 0.6 is 0 Å². The summed E-state index contributed by atoms with van der Waals surface area (Å²) in [6.07, 6.45) is 6.73. The van der Waals surface area contributed by atoms with E-state index < -0.39 is 5.97 Å². The first-order chi connectivity index (χ1) is 7.66. The number of hydrogen-bond donors (Lipinski definition) is 1. The molecule has 0 atom stereocenters. The van der Waals surface area contributed by atoms with Crippen LogP contribution in [0.4, 0.5) is 5.69 Å². The summed E-state index contributed by atoms with van der Waals surface area (Å²) in [5.41, 5.74) is 0.940. The lowest BCUT2D eigenvalue weighted by Crippen LogP contribution is -2.21. The van der Waals surface area contributed by atoms with Crippen molar-refractivity contribution >= 4 is 11.7 Å². The quantitative estimate of drug-likeness (QED) is 0.589. The Balaban J connectivity index is 2.77. The van der Waals surface area contributed by atoms with E-state index >= 15 is 0 Å². The molecule has 0 radical (unpaired) electrons. The number of nitrogens with zero attached hydrogens (tertiary/aromatic N) is 2. The van der Waals surface area contributed by atoms with E-state index in [1.807, 2.05) is 18.0 Å². The van der Waals surface area contributed by atoms with Crippen molar-refractivity contribution in [3.05, 3.63) is 36.7 Å². The highest BCUT2D eigenvalue weighted by Crippen LogP contribution is 2.18. The van der Waals surface area contributed by atoms with Crippen molar-refractivity contribution in [3.63, 3.8) is 0 Å². The van der Waals surface area contributed by atoms with E-state index in [0.717, 1.165) is 19.4 Å². The van der Waals surface area contributed by atoms with Gasteiger partial charge in [0.15, 0.2) is 0 Å². The van der Waals surface area contributed by atoms with Crippen LogP contribution in [0.2, 0.25) is 0 Å². The van der Waals surface area contributed by atoms with Gasteiger partial charge in [0.05, 0.1) is 5.69 Å². The zero-order chi connectivity index (χ0) is 12.0. The second-order valence-electron chi connectivity index (χ2n) is 3.55. The minimum Gasteiger partial charge on any atom is -0.478 e. The van der Waals surface area contributed by atoms with E-state index in [9.17, 15) is 4.79 Å². The van der Waals surface area contributed by atoms with Crippen LogP contribution in [0.3, 0.4) is 0 Å². The first-order valence-corrected chi connectivity index (χ1v) is 5.16. The first kappa shape index (κ1) is 12.2. The Hall–Kier alpha value is -1.84. The van der Waals surface area contributed by atoms with Gasteiger partial charge in [-0.05, 0) is 18.9 Å². The maximum atomic E-state index is 11.0. The molecule has 1 rings (SSSR count). The molecule has 0 fully saturated rings. The molecule has 0 aliphatic heterocycles. The maximum Gasteiger partial charge on any atom is 0.339 e. The molecule has 0 aliphatic carbocycles. The molecule has 0 spiro atoms. The normalized spacial score (nSPS) is 9.81. The fraction of sp³-hybridized carbons (Fsp3) is 0.333. The van der Waals surface area contributed by atoms with Crippen molar-refractivity contribution in [2.45, 2.75) is 12.8 Å². The van der Waals surface area contributed by atoms with Crippen LogP contribution in [-0.2, 0) is 0 Å². The maximum absolute atomic E-state index is 11.0. The van der Waals surface area contributed by atoms with Gasteiger partial charge in [-0.1, -0.05) is 6.08 Å². The Morgan fingerprint density at radius 1 is 1.69 bits per heavy atom. The van der Waals surface area contributed by atoms with Crippen molar-refractivity contribution in [1.29, 1.82) is 0 Å². The summed E-state index contributed by atoms with van der Waals surface area (Å²) in [7, 11) is 1.88. The predicted octanol–water partition coefficient (Wildman–Crippen LogP) is 2.18. The molecule has 0 saturated heterocycles. The molecule has 0 bridgehead atoms. The number of aromatic carboxylic acids is 1. The lowest BCUT2D eigenvalue weighted by atomic mass is 10.2. The number of anilines is 1. The zero-order valence-electron chi connectivity index (χ0n) is 9.39. The number of aromatic nitrogens is 1. The standard InChI is InChI=1S/C12H16N2O2/c1-3-4-5-8-14(2)11-6-7-13-9-10(11)12(15)16/h3,6-7,9H,1,4-5,8H2,2H3,(H,15,16). The molecule has 4 heteroatoms. The molecule has 4 nitrogen and oxygen atoms in total. The average molecular weight is 220 g/mol. The number of rotatable bonds is 6. The second kappa shape index (κ2) is 5.90. The van der Waals surface area contributed by atoms with Gasteiger partial charge in [0.1, 0.15) is 5.56 Å². The Morgan fingerprint density at radius 2 is 2.44 bits per heavy atom. The van der Waals surface area contributed by atoms with Crippen molar-refractivity contribution in [2.75, 3.05) is 18.5 Å². The van der Waals surface area contributed by atoms with Crippen molar-refractivity contribution in [1.82, 2.24) is 4.98 Å². The molecule has 0 saturated carbocycles. The van der Waals surface area contributed by atoms with Gasteiger partial charge in [-0.15, -0.1) is 6.58 Å². The molecule has 1 aromatic heterocycles. The minimum atomic E-state index is -0.946. The molecular formula is C12H16N2O2. The summed E-state index contributed by atoms with van der Waals surface area (Å²) in [6.45, 7) is 4.46. The highest BCUT2D eigenvalue weighted by molar-refractivity contribution is 5.93. The number of pyridine rings is 1. The van der Waals surface area contributed by atoms with Crippen LogP contribution < -0.4 is 4.90 Å². The van der Waals surface area contributed by atoms with Gasteiger partial charge in [0, 0.05) is 26.0 Å². The largest absolute Gasteiger partial charge is 0.478 e. The van der Waals surface area contributed by atoms with Crippen LogP contribution in [0.15, 0.2) is 31.1 Å². The average Bonchev–Trinajstić information content (AvgIpc) is 2.29. The first-order valence-electron chi connectivity index (χ1n) is 5.16. The number of unbranched alkanes of at least 4 members (excludes halogenated alkanes) is 1. The van der Waals surface area contributed by atoms with Gasteiger partial charge in [0.2, 0.25) is 0 Å². The van der Waals surface area contributed by atoms with E-state index in [4.69, 9.17) is 5.11 Å². The van der Waals surface area contributed by atoms with Gasteiger partial charge in [-0.25, -0.2) is 4.79 Å². The van der Waals surface area contributed by atoms with Crippen LogP contribution in [0.1, 0.15) is 23.2 Å². The molecule has 16 heavy (non-hydrogen) atoms. The number of allylic oxidation sites excluding steroid dienone is 1. The van der Waals surface area contributed by atoms with Crippen molar-refractivity contribution < 1.29 is 9.90 Å². The molecular weight excluding hydrogens is 204 g/mol. The fourth-order valence-corrected chi connectivity index (χ4v) is 1.48. The Labute approximate surface area is 95.2 Å². The van der Waals surface area contributed by atoms with E-state index in [1.165, 1.54) is 6.20 Å². The van der Waals surface area contributed by atoms with Crippen LogP contribution in [0.25, 0.3) is 0 Å². The highest BCUT2D eigenvalue weighted by atomic mass is 16.4. The number of carboxylic acids is 1. The van der Waals surface area contributed by atoms with Crippen LogP contribution in [0.5, 0.6) is 0 Å². The van der Waals surface area contributed by atoms with Crippen LogP contribution in [-0.4, -0.2) is 29.7 Å². The van der Waals surface area contributed by atoms with Crippen molar-refractivity contribution in [3.8, 4) is 0 Å². The van der Waals surface area contributed by atoms with Gasteiger partial charge < -0.3 is 10.0 Å². The lowest BCUT2D eigenvalue weighted by Gasteiger charge is -2.20. The van der Waals surface area contributed by atoms with Crippen LogP contribution in [0, 0.1) is 0 Å². The molecule has 1 N–H and O–H groups in total. The molecule has 0 amide bonds. The summed E-state index contributed by atoms with van der Waals surface area (Å²) in [4.78, 5) is 16.7. The van der Waals surface area contributed by atoms with Gasteiger partial charge >= 0.3 is 5.97 Å². The third kappa shape index (κ3) is 3.08. The Bertz CT molecular complexity index is 377. The monoisotopic (exact) mass is 220 g/mol. The topological polar surface area (TPSA) is 53.4 Å². The van der Waals surface area contributed by atoms with Gasteiger partial charge in [-0.3, -0.25) is 4.98 Å². The van der Waals surface area contributed by atoms with E-state index in [-0.39, 0.29) is 5.56 Å². The second-order valence-corrected chi connectivity index (χ2v) is 3.55. The Kier molecular flexibility index (Phi) is 4.51. The number of carboxylic acid groups (broad SMARTS) is 1. The number of hydrogen-bond acceptors (Lipinski definition) is 3. The summed E-state index contributed by atoms with van der Waals surface area (Å²) in [6, 6.07) is 1.72. The summed E-state index contributed by atoms with van der Waals surface area (Å²) >= 11 is 0. The SMILES string of the molecule is C=CCCCN(C)c1ccncc1C(=O)O. The zero-order valence-corrected chi connectivity index (χ0v) is 9.39. The third-order valence-corrected chi connectivity index (χ3v) is 2.34. The van der Waals surface area contributed by atoms with E-state index in [0.29, 0.717) is 5.69 Å².